The van der Waals surface area contributed by atoms with Crippen LogP contribution in [0.15, 0.2) is 47.5 Å². The highest BCUT2D eigenvalue weighted by molar-refractivity contribution is 5.44. The molecule has 0 unspecified atom stereocenters. The summed E-state index contributed by atoms with van der Waals surface area (Å²) in [5, 5.41) is 0. The summed E-state index contributed by atoms with van der Waals surface area (Å²) in [6.45, 7) is 1.96. The van der Waals surface area contributed by atoms with Crippen LogP contribution in [0.3, 0.4) is 0 Å². The summed E-state index contributed by atoms with van der Waals surface area (Å²) in [7, 11) is 0. The molecule has 1 aliphatic carbocycles. The zero-order valence-electron chi connectivity index (χ0n) is 6.50. The SMILES string of the molecule is CC1=CC=C2C=CCC=C2O1. The predicted molar refractivity (Wildman–Crippen MR) is 44.8 cm³/mol. The number of fused-ring (bicyclic) bond motifs is 1. The van der Waals surface area contributed by atoms with Gasteiger partial charge in [-0.15, -0.1) is 0 Å². The molecule has 11 heavy (non-hydrogen) atoms. The van der Waals surface area contributed by atoms with Crippen LogP contribution in [-0.2, 0) is 4.74 Å². The Morgan fingerprint density at radius 1 is 1.36 bits per heavy atom. The van der Waals surface area contributed by atoms with Gasteiger partial charge in [-0.2, -0.15) is 0 Å². The molecule has 0 aromatic carbocycles. The van der Waals surface area contributed by atoms with E-state index in [4.69, 9.17) is 4.74 Å². The number of hydrogen-bond acceptors (Lipinski definition) is 1. The maximum Gasteiger partial charge on any atom is 0.130 e. The normalized spacial score (nSPS) is 21.0. The third-order valence-electron chi connectivity index (χ3n) is 1.79. The van der Waals surface area contributed by atoms with Crippen LogP contribution in [0, 0.1) is 0 Å². The first-order valence-electron chi connectivity index (χ1n) is 3.80. The number of rotatable bonds is 0. The molecule has 0 fully saturated rings. The third kappa shape index (κ3) is 1.14. The van der Waals surface area contributed by atoms with E-state index >= 15 is 0 Å². The summed E-state index contributed by atoms with van der Waals surface area (Å²) >= 11 is 0. The summed E-state index contributed by atoms with van der Waals surface area (Å²) in [5.74, 6) is 1.97. The molecule has 1 heteroatoms. The minimum absolute atomic E-state index is 0.968. The van der Waals surface area contributed by atoms with Gasteiger partial charge in [0, 0.05) is 5.57 Å². The van der Waals surface area contributed by atoms with Gasteiger partial charge in [0.2, 0.25) is 0 Å². The van der Waals surface area contributed by atoms with Crippen molar-refractivity contribution in [3.8, 4) is 0 Å². The molecule has 0 amide bonds. The second-order valence-electron chi connectivity index (χ2n) is 2.71. The predicted octanol–water partition coefficient (Wildman–Crippen LogP) is 2.69. The van der Waals surface area contributed by atoms with Gasteiger partial charge in [-0.05, 0) is 31.6 Å². The van der Waals surface area contributed by atoms with Gasteiger partial charge in [-0.25, -0.2) is 0 Å². The first-order chi connectivity index (χ1) is 5.36. The Kier molecular flexibility index (Phi) is 1.42. The Labute approximate surface area is 66.4 Å². The van der Waals surface area contributed by atoms with E-state index in [1.165, 1.54) is 5.57 Å². The fraction of sp³-hybridized carbons (Fsp3) is 0.200. The van der Waals surface area contributed by atoms with Crippen molar-refractivity contribution in [3.63, 3.8) is 0 Å². The summed E-state index contributed by atoms with van der Waals surface area (Å²) in [4.78, 5) is 0. The van der Waals surface area contributed by atoms with Crippen molar-refractivity contribution < 1.29 is 4.74 Å². The molecule has 1 aliphatic heterocycles. The van der Waals surface area contributed by atoms with Gasteiger partial charge in [0.15, 0.2) is 0 Å². The summed E-state index contributed by atoms with van der Waals surface area (Å²) in [6.07, 6.45) is 11.4. The maximum atomic E-state index is 5.49. The molecule has 0 bridgehead atoms. The van der Waals surface area contributed by atoms with E-state index in [0.717, 1.165) is 17.9 Å². The zero-order chi connectivity index (χ0) is 7.68. The zero-order valence-corrected chi connectivity index (χ0v) is 6.50. The van der Waals surface area contributed by atoms with E-state index in [1.807, 2.05) is 13.0 Å². The molecule has 0 spiro atoms. The lowest BCUT2D eigenvalue weighted by atomic mass is 10.1. The first kappa shape index (κ1) is 6.47. The molecule has 2 aliphatic rings. The van der Waals surface area contributed by atoms with Crippen LogP contribution in [0.4, 0.5) is 0 Å². The largest absolute Gasteiger partial charge is 0.462 e. The van der Waals surface area contributed by atoms with Crippen molar-refractivity contribution in [2.75, 3.05) is 0 Å². The lowest BCUT2D eigenvalue weighted by molar-refractivity contribution is 0.312. The molecular formula is C10H10O. The minimum Gasteiger partial charge on any atom is -0.462 e. The molecule has 0 aromatic heterocycles. The van der Waals surface area contributed by atoms with Gasteiger partial charge >= 0.3 is 0 Å². The van der Waals surface area contributed by atoms with Gasteiger partial charge < -0.3 is 4.74 Å². The molecule has 1 heterocycles. The quantitative estimate of drug-likeness (QED) is 0.510. The van der Waals surface area contributed by atoms with Crippen molar-refractivity contribution in [2.24, 2.45) is 0 Å². The number of hydrogen-bond donors (Lipinski definition) is 0. The minimum atomic E-state index is 0.968. The Bertz CT molecular complexity index is 290. The van der Waals surface area contributed by atoms with Crippen LogP contribution in [-0.4, -0.2) is 0 Å². The van der Waals surface area contributed by atoms with Crippen LogP contribution < -0.4 is 0 Å². The van der Waals surface area contributed by atoms with Crippen molar-refractivity contribution in [1.29, 1.82) is 0 Å². The van der Waals surface area contributed by atoms with Crippen molar-refractivity contribution >= 4 is 0 Å². The van der Waals surface area contributed by atoms with Crippen molar-refractivity contribution in [2.45, 2.75) is 13.3 Å². The van der Waals surface area contributed by atoms with E-state index < -0.39 is 0 Å². The summed E-state index contributed by atoms with van der Waals surface area (Å²) in [6, 6.07) is 0. The van der Waals surface area contributed by atoms with Crippen LogP contribution in [0.1, 0.15) is 13.3 Å². The fourth-order valence-corrected chi connectivity index (χ4v) is 1.22. The van der Waals surface area contributed by atoms with Gasteiger partial charge in [0.05, 0.1) is 0 Å². The topological polar surface area (TPSA) is 9.23 Å². The average Bonchev–Trinajstić information content (AvgIpc) is 2.04. The maximum absolute atomic E-state index is 5.49. The fourth-order valence-electron chi connectivity index (χ4n) is 1.22. The Balaban J connectivity index is 2.38. The van der Waals surface area contributed by atoms with E-state index in [1.54, 1.807) is 0 Å². The average molecular weight is 146 g/mol. The lowest BCUT2D eigenvalue weighted by Crippen LogP contribution is -1.99. The van der Waals surface area contributed by atoms with Gasteiger partial charge in [-0.3, -0.25) is 0 Å². The lowest BCUT2D eigenvalue weighted by Gasteiger charge is -2.17. The monoisotopic (exact) mass is 146 g/mol. The molecule has 0 N–H and O–H groups in total. The second-order valence-corrected chi connectivity index (χ2v) is 2.71. The molecule has 0 radical (unpaired) electrons. The van der Waals surface area contributed by atoms with Crippen LogP contribution in [0.25, 0.3) is 0 Å². The number of ether oxygens (including phenoxy) is 1. The van der Waals surface area contributed by atoms with Crippen LogP contribution in [0.5, 0.6) is 0 Å². The van der Waals surface area contributed by atoms with Gasteiger partial charge in [-0.1, -0.05) is 12.2 Å². The molecule has 1 nitrogen and oxygen atoms in total. The highest BCUT2D eigenvalue weighted by atomic mass is 16.5. The van der Waals surface area contributed by atoms with Gasteiger partial charge in [0.1, 0.15) is 11.5 Å². The molecule has 0 saturated heterocycles. The van der Waals surface area contributed by atoms with Gasteiger partial charge in [0.25, 0.3) is 0 Å². The highest BCUT2D eigenvalue weighted by Gasteiger charge is 2.10. The van der Waals surface area contributed by atoms with E-state index in [0.29, 0.717) is 0 Å². The molecule has 0 saturated carbocycles. The second kappa shape index (κ2) is 2.42. The standard InChI is InChI=1S/C10H10O/c1-8-6-7-9-4-2-3-5-10(9)11-8/h2,4-7H,3H2,1H3. The van der Waals surface area contributed by atoms with E-state index in [9.17, 15) is 0 Å². The van der Waals surface area contributed by atoms with Crippen molar-refractivity contribution in [1.82, 2.24) is 0 Å². The van der Waals surface area contributed by atoms with E-state index in [2.05, 4.69) is 24.3 Å². The Morgan fingerprint density at radius 3 is 3.18 bits per heavy atom. The molecule has 2 rings (SSSR count). The van der Waals surface area contributed by atoms with Crippen LogP contribution >= 0.6 is 0 Å². The third-order valence-corrected chi connectivity index (χ3v) is 1.79. The Morgan fingerprint density at radius 2 is 2.27 bits per heavy atom. The highest BCUT2D eigenvalue weighted by Crippen LogP contribution is 2.25. The first-order valence-corrected chi connectivity index (χ1v) is 3.80. The smallest absolute Gasteiger partial charge is 0.130 e. The molecular weight excluding hydrogens is 136 g/mol. The van der Waals surface area contributed by atoms with Crippen molar-refractivity contribution in [3.05, 3.63) is 47.5 Å². The Hall–Kier alpha value is -1.24. The molecule has 0 aromatic rings. The summed E-state index contributed by atoms with van der Waals surface area (Å²) in [5.41, 5.74) is 1.18. The summed E-state index contributed by atoms with van der Waals surface area (Å²) < 4.78 is 5.49. The molecule has 0 atom stereocenters. The number of allylic oxidation sites excluding steroid dienone is 6. The van der Waals surface area contributed by atoms with Crippen LogP contribution in [0.2, 0.25) is 0 Å². The van der Waals surface area contributed by atoms with E-state index in [-0.39, 0.29) is 0 Å². The molecule has 56 valence electrons.